The molecule has 2 unspecified atom stereocenters. The number of rotatable bonds is 9. The van der Waals surface area contributed by atoms with E-state index in [4.69, 9.17) is 9.57 Å². The third kappa shape index (κ3) is 8.45. The van der Waals surface area contributed by atoms with Gasteiger partial charge in [-0.05, 0) is 66.3 Å². The highest BCUT2D eigenvalue weighted by molar-refractivity contribution is 7.22. The van der Waals surface area contributed by atoms with Crippen molar-refractivity contribution in [2.45, 2.75) is 79.7 Å². The van der Waals surface area contributed by atoms with Crippen molar-refractivity contribution in [3.8, 4) is 16.2 Å². The van der Waals surface area contributed by atoms with E-state index in [1.807, 2.05) is 37.3 Å². The van der Waals surface area contributed by atoms with Crippen molar-refractivity contribution in [2.75, 3.05) is 13.6 Å². The number of hydroxylamine groups is 2. The third-order valence-corrected chi connectivity index (χ3v) is 7.41. The summed E-state index contributed by atoms with van der Waals surface area (Å²) >= 11 is 1.36. The van der Waals surface area contributed by atoms with Gasteiger partial charge in [0.1, 0.15) is 5.75 Å². The molecule has 3 rings (SSSR count). The van der Waals surface area contributed by atoms with Gasteiger partial charge in [0.2, 0.25) is 0 Å². The lowest BCUT2D eigenvalue weighted by atomic mass is 9.78. The van der Waals surface area contributed by atoms with Gasteiger partial charge in [-0.25, -0.2) is 0 Å². The number of hydrogen-bond acceptors (Lipinski definition) is 4. The first-order valence-corrected chi connectivity index (χ1v) is 13.6. The van der Waals surface area contributed by atoms with Crippen molar-refractivity contribution in [2.24, 2.45) is 10.8 Å². The molecule has 0 amide bonds. The Kier molecular flexibility index (Phi) is 9.03. The lowest BCUT2D eigenvalue weighted by Crippen LogP contribution is -2.37. The molecule has 0 bridgehead atoms. The standard InChI is InChI=1S/C30H40F3NO2S/c1-20(35-27(29(5,6)7)19-28(2,3)4)15-16-34(8)36-22-13-14-23(24(18-22)30(31,32)33)26-17-21-11-9-10-12-25(21)37-26/h9-14,17-18,20,27H,15-16,19H2,1-8H3. The number of halogens is 3. The first-order chi connectivity index (χ1) is 17.0. The third-order valence-electron chi connectivity index (χ3n) is 6.26. The highest BCUT2D eigenvalue weighted by Crippen LogP contribution is 2.43. The van der Waals surface area contributed by atoms with E-state index in [0.29, 0.717) is 17.8 Å². The maximum atomic E-state index is 14.0. The van der Waals surface area contributed by atoms with Crippen molar-refractivity contribution >= 4 is 21.4 Å². The fraction of sp³-hybridized carbons (Fsp3) is 0.533. The number of hydrogen-bond donors (Lipinski definition) is 0. The summed E-state index contributed by atoms with van der Waals surface area (Å²) in [4.78, 5) is 6.37. The smallest absolute Gasteiger partial charge is 0.406 e. The number of benzene rings is 2. The molecule has 0 aliphatic rings. The molecule has 204 valence electrons. The molecule has 37 heavy (non-hydrogen) atoms. The second-order valence-electron chi connectivity index (χ2n) is 12.2. The highest BCUT2D eigenvalue weighted by atomic mass is 32.1. The summed E-state index contributed by atoms with van der Waals surface area (Å²) in [6.45, 7) is 15.8. The van der Waals surface area contributed by atoms with Crippen LogP contribution in [-0.2, 0) is 10.9 Å². The molecule has 0 aliphatic heterocycles. The van der Waals surface area contributed by atoms with Crippen molar-refractivity contribution in [3.05, 3.63) is 54.1 Å². The largest absolute Gasteiger partial charge is 0.417 e. The highest BCUT2D eigenvalue weighted by Gasteiger charge is 2.35. The summed E-state index contributed by atoms with van der Waals surface area (Å²) in [6, 6.07) is 13.6. The maximum absolute atomic E-state index is 14.0. The predicted octanol–water partition coefficient (Wildman–Crippen LogP) is 9.46. The molecule has 0 saturated heterocycles. The van der Waals surface area contributed by atoms with E-state index in [0.717, 1.165) is 22.6 Å². The fourth-order valence-electron chi connectivity index (χ4n) is 4.20. The van der Waals surface area contributed by atoms with Crippen molar-refractivity contribution in [1.29, 1.82) is 0 Å². The molecule has 0 fully saturated rings. The molecule has 7 heteroatoms. The summed E-state index contributed by atoms with van der Waals surface area (Å²) in [7, 11) is 1.73. The van der Waals surface area contributed by atoms with Crippen LogP contribution in [0.5, 0.6) is 5.75 Å². The normalized spacial score (nSPS) is 14.8. The van der Waals surface area contributed by atoms with Crippen molar-refractivity contribution < 1.29 is 22.7 Å². The Hall–Kier alpha value is -2.09. The molecule has 1 heterocycles. The number of alkyl halides is 3. The van der Waals surface area contributed by atoms with Gasteiger partial charge in [-0.1, -0.05) is 59.7 Å². The molecule has 2 atom stereocenters. The second-order valence-corrected chi connectivity index (χ2v) is 13.2. The molecule has 0 saturated carbocycles. The maximum Gasteiger partial charge on any atom is 0.417 e. The molecule has 2 aromatic carbocycles. The molecule has 0 aliphatic carbocycles. The van der Waals surface area contributed by atoms with Crippen LogP contribution in [0.15, 0.2) is 48.5 Å². The van der Waals surface area contributed by atoms with Crippen LogP contribution in [0.1, 0.15) is 66.9 Å². The van der Waals surface area contributed by atoms with E-state index in [9.17, 15) is 13.2 Å². The summed E-state index contributed by atoms with van der Waals surface area (Å²) in [5, 5.41) is 2.51. The van der Waals surface area contributed by atoms with Crippen LogP contribution >= 0.6 is 11.3 Å². The molecule has 3 nitrogen and oxygen atoms in total. The minimum absolute atomic E-state index is 0.00803. The quantitative estimate of drug-likeness (QED) is 0.255. The van der Waals surface area contributed by atoms with Gasteiger partial charge in [-0.15, -0.1) is 16.4 Å². The van der Waals surface area contributed by atoms with Crippen LogP contribution in [0.2, 0.25) is 0 Å². The number of thiophene rings is 1. The van der Waals surface area contributed by atoms with E-state index < -0.39 is 11.7 Å². The van der Waals surface area contributed by atoms with E-state index in [1.165, 1.54) is 17.4 Å². The zero-order valence-corrected chi connectivity index (χ0v) is 24.0. The molecule has 3 aromatic rings. The molecule has 0 radical (unpaired) electrons. The van der Waals surface area contributed by atoms with Gasteiger partial charge in [0.15, 0.2) is 0 Å². The molecule has 0 spiro atoms. The summed E-state index contributed by atoms with van der Waals surface area (Å²) in [5.74, 6) is 0.161. The van der Waals surface area contributed by atoms with Gasteiger partial charge in [0, 0.05) is 28.7 Å². The fourth-order valence-corrected chi connectivity index (χ4v) is 5.30. The lowest BCUT2D eigenvalue weighted by Gasteiger charge is -2.37. The topological polar surface area (TPSA) is 21.7 Å². The first kappa shape index (κ1) is 29.5. The van der Waals surface area contributed by atoms with Crippen LogP contribution in [0.4, 0.5) is 13.2 Å². The molecule has 1 aromatic heterocycles. The molecular weight excluding hydrogens is 495 g/mol. The number of ether oxygens (including phenoxy) is 1. The zero-order chi connectivity index (χ0) is 27.6. The minimum atomic E-state index is -4.50. The van der Waals surface area contributed by atoms with Crippen molar-refractivity contribution in [1.82, 2.24) is 5.06 Å². The van der Waals surface area contributed by atoms with Gasteiger partial charge in [-0.3, -0.25) is 0 Å². The first-order valence-electron chi connectivity index (χ1n) is 12.8. The van der Waals surface area contributed by atoms with Gasteiger partial charge in [-0.2, -0.15) is 13.2 Å². The lowest BCUT2D eigenvalue weighted by molar-refractivity contribution is -0.137. The average molecular weight is 536 g/mol. The van der Waals surface area contributed by atoms with Crippen LogP contribution < -0.4 is 4.84 Å². The second kappa shape index (κ2) is 11.3. The number of fused-ring (bicyclic) bond motifs is 1. The van der Waals surface area contributed by atoms with E-state index in [-0.39, 0.29) is 34.4 Å². The minimum Gasteiger partial charge on any atom is -0.406 e. The van der Waals surface area contributed by atoms with E-state index in [1.54, 1.807) is 18.2 Å². The Balaban J connectivity index is 1.68. The van der Waals surface area contributed by atoms with E-state index in [2.05, 4.69) is 41.5 Å². The van der Waals surface area contributed by atoms with Crippen LogP contribution in [0.25, 0.3) is 20.5 Å². The molecular formula is C30H40F3NO2S. The summed E-state index contributed by atoms with van der Waals surface area (Å²) in [6.07, 6.45) is -2.78. The SMILES string of the molecule is CC(CCN(C)Oc1ccc(-c2cc3ccccc3s2)c(C(F)(F)F)c1)OC(CC(C)(C)C)C(C)(C)C. The Morgan fingerprint density at radius 1 is 0.946 bits per heavy atom. The van der Waals surface area contributed by atoms with Crippen LogP contribution in [0.3, 0.4) is 0 Å². The average Bonchev–Trinajstić information content (AvgIpc) is 3.19. The Morgan fingerprint density at radius 3 is 2.22 bits per heavy atom. The Bertz CT molecular complexity index is 1140. The Morgan fingerprint density at radius 2 is 1.62 bits per heavy atom. The summed E-state index contributed by atoms with van der Waals surface area (Å²) in [5.41, 5.74) is -0.376. The van der Waals surface area contributed by atoms with Gasteiger partial charge in [0.05, 0.1) is 17.8 Å². The van der Waals surface area contributed by atoms with Crippen LogP contribution in [-0.4, -0.2) is 30.9 Å². The Labute approximate surface area is 223 Å². The van der Waals surface area contributed by atoms with E-state index >= 15 is 0 Å². The zero-order valence-electron chi connectivity index (χ0n) is 23.2. The van der Waals surface area contributed by atoms with Gasteiger partial charge < -0.3 is 9.57 Å². The predicted molar refractivity (Wildman–Crippen MR) is 148 cm³/mol. The monoisotopic (exact) mass is 535 g/mol. The van der Waals surface area contributed by atoms with Crippen LogP contribution in [0, 0.1) is 10.8 Å². The van der Waals surface area contributed by atoms with Crippen molar-refractivity contribution in [3.63, 3.8) is 0 Å². The van der Waals surface area contributed by atoms with Gasteiger partial charge in [0.25, 0.3) is 0 Å². The number of nitrogens with zero attached hydrogens (tertiary/aromatic N) is 1. The van der Waals surface area contributed by atoms with Gasteiger partial charge >= 0.3 is 6.18 Å². The molecule has 0 N–H and O–H groups in total. The summed E-state index contributed by atoms with van der Waals surface area (Å²) < 4.78 is 49.4.